The van der Waals surface area contributed by atoms with Gasteiger partial charge in [0.05, 0.1) is 35.0 Å². The summed E-state index contributed by atoms with van der Waals surface area (Å²) in [7, 11) is 0. The summed E-state index contributed by atoms with van der Waals surface area (Å²) in [6.07, 6.45) is 3.47. The van der Waals surface area contributed by atoms with E-state index in [0.29, 0.717) is 29.0 Å². The van der Waals surface area contributed by atoms with E-state index in [-0.39, 0.29) is 41.4 Å². The Morgan fingerprint density at radius 3 is 2.45 bits per heavy atom. The minimum atomic E-state index is -0.526. The lowest BCUT2D eigenvalue weighted by Gasteiger charge is -2.14. The number of hydrogen-bond acceptors (Lipinski definition) is 7. The van der Waals surface area contributed by atoms with Gasteiger partial charge in [0.25, 0.3) is 17.4 Å². The van der Waals surface area contributed by atoms with E-state index in [0.717, 1.165) is 12.8 Å². The predicted octanol–water partition coefficient (Wildman–Crippen LogP) is 3.10. The number of nitrogens with zero attached hydrogens (tertiary/aromatic N) is 3. The molecule has 160 valence electrons. The van der Waals surface area contributed by atoms with Gasteiger partial charge in [0.15, 0.2) is 0 Å². The minimum absolute atomic E-state index is 0.187. The number of esters is 1. The van der Waals surface area contributed by atoms with Crippen LogP contribution in [0.15, 0.2) is 40.8 Å². The number of imide groups is 1. The molecule has 8 nitrogen and oxygen atoms in total. The van der Waals surface area contributed by atoms with Gasteiger partial charge < -0.3 is 4.74 Å². The van der Waals surface area contributed by atoms with Crippen LogP contribution in [0, 0.1) is 0 Å². The molecule has 3 aromatic rings. The molecule has 0 bridgehead atoms. The molecule has 0 saturated carbocycles. The van der Waals surface area contributed by atoms with Crippen molar-refractivity contribution in [3.05, 3.63) is 63.0 Å². The third-order valence-corrected chi connectivity index (χ3v) is 6.06. The second-order valence-corrected chi connectivity index (χ2v) is 8.08. The molecule has 0 N–H and O–H groups in total. The second kappa shape index (κ2) is 8.81. The van der Waals surface area contributed by atoms with E-state index in [9.17, 15) is 19.2 Å². The maximum absolute atomic E-state index is 13.0. The fourth-order valence-corrected chi connectivity index (χ4v) is 4.37. The summed E-state index contributed by atoms with van der Waals surface area (Å²) in [6.45, 7) is 2.75. The molecule has 0 spiro atoms. The highest BCUT2D eigenvalue weighted by atomic mass is 32.1. The van der Waals surface area contributed by atoms with Crippen molar-refractivity contribution in [2.75, 3.05) is 13.2 Å². The number of hydrogen-bond donors (Lipinski definition) is 0. The molecular weight excluding hydrogens is 418 g/mol. The predicted molar refractivity (Wildman–Crippen MR) is 115 cm³/mol. The molecular formula is C22H21N3O5S. The van der Waals surface area contributed by atoms with Gasteiger partial charge in [-0.2, -0.15) is 0 Å². The van der Waals surface area contributed by atoms with Gasteiger partial charge in [-0.25, -0.2) is 9.78 Å². The summed E-state index contributed by atoms with van der Waals surface area (Å²) in [5, 5.41) is 1.84. The molecule has 0 unspecified atom stereocenters. The molecule has 0 fully saturated rings. The van der Waals surface area contributed by atoms with Gasteiger partial charge in [0.2, 0.25) is 0 Å². The molecule has 1 aliphatic heterocycles. The number of benzene rings is 1. The Kier molecular flexibility index (Phi) is 5.94. The summed E-state index contributed by atoms with van der Waals surface area (Å²) < 4.78 is 6.64. The summed E-state index contributed by atoms with van der Waals surface area (Å²) in [5.74, 6) is -1.17. The number of unbranched alkanes of at least 4 members (excludes halogenated alkanes) is 1. The largest absolute Gasteiger partial charge is 0.462 e. The molecule has 0 aliphatic carbocycles. The molecule has 31 heavy (non-hydrogen) atoms. The van der Waals surface area contributed by atoms with Crippen molar-refractivity contribution in [2.45, 2.75) is 32.7 Å². The number of rotatable bonds is 8. The first-order valence-electron chi connectivity index (χ1n) is 10.1. The van der Waals surface area contributed by atoms with Gasteiger partial charge in [-0.05, 0) is 25.0 Å². The van der Waals surface area contributed by atoms with Gasteiger partial charge in [0.1, 0.15) is 4.83 Å². The third-order valence-electron chi connectivity index (χ3n) is 5.17. The van der Waals surface area contributed by atoms with Crippen LogP contribution in [0.1, 0.15) is 57.3 Å². The van der Waals surface area contributed by atoms with Crippen LogP contribution in [0.25, 0.3) is 10.2 Å². The number of thiophene rings is 1. The van der Waals surface area contributed by atoms with Crippen molar-refractivity contribution >= 4 is 39.3 Å². The van der Waals surface area contributed by atoms with Gasteiger partial charge in [-0.15, -0.1) is 11.3 Å². The first kappa shape index (κ1) is 20.9. The lowest BCUT2D eigenvalue weighted by molar-refractivity contribution is 0.0501. The summed E-state index contributed by atoms with van der Waals surface area (Å²) >= 11 is 1.22. The zero-order valence-corrected chi connectivity index (χ0v) is 17.8. The van der Waals surface area contributed by atoms with E-state index in [4.69, 9.17) is 4.74 Å². The molecule has 9 heteroatoms. The molecule has 0 atom stereocenters. The van der Waals surface area contributed by atoms with Crippen LogP contribution in [0.2, 0.25) is 0 Å². The number of amides is 2. The van der Waals surface area contributed by atoms with Crippen LogP contribution in [-0.2, 0) is 11.3 Å². The van der Waals surface area contributed by atoms with Crippen molar-refractivity contribution < 1.29 is 19.1 Å². The van der Waals surface area contributed by atoms with Crippen LogP contribution in [0.5, 0.6) is 0 Å². The zero-order chi connectivity index (χ0) is 22.0. The van der Waals surface area contributed by atoms with E-state index in [1.807, 2.05) is 6.92 Å². The van der Waals surface area contributed by atoms with E-state index in [1.54, 1.807) is 29.6 Å². The quantitative estimate of drug-likeness (QED) is 0.304. The summed E-state index contributed by atoms with van der Waals surface area (Å²) in [5.41, 5.74) is 0.689. The molecule has 2 amide bonds. The molecule has 0 radical (unpaired) electrons. The van der Waals surface area contributed by atoms with Crippen LogP contribution in [0.4, 0.5) is 0 Å². The van der Waals surface area contributed by atoms with Crippen LogP contribution in [0.3, 0.4) is 0 Å². The number of carbonyl (C=O) groups is 3. The number of carbonyl (C=O) groups excluding carboxylic acids is 3. The minimum Gasteiger partial charge on any atom is -0.462 e. The third kappa shape index (κ3) is 3.88. The summed E-state index contributed by atoms with van der Waals surface area (Å²) in [4.78, 5) is 56.2. The van der Waals surface area contributed by atoms with Crippen molar-refractivity contribution in [3.8, 4) is 0 Å². The highest BCUT2D eigenvalue weighted by Crippen LogP contribution is 2.23. The van der Waals surface area contributed by atoms with Gasteiger partial charge in [-0.3, -0.25) is 23.9 Å². The lowest BCUT2D eigenvalue weighted by Crippen LogP contribution is -2.32. The number of aromatic nitrogens is 2. The van der Waals surface area contributed by atoms with Gasteiger partial charge in [-0.1, -0.05) is 25.5 Å². The number of aryl methyl sites for hydroxylation is 1. The van der Waals surface area contributed by atoms with Crippen LogP contribution < -0.4 is 5.56 Å². The maximum Gasteiger partial charge on any atom is 0.339 e. The number of fused-ring (bicyclic) bond motifs is 2. The summed E-state index contributed by atoms with van der Waals surface area (Å²) in [6, 6.07) is 6.71. The molecule has 0 saturated heterocycles. The standard InChI is InChI=1S/C22H21N3O5S/c1-2-3-11-30-22(29)16-12-31-18-17(16)21(28)24(13-23-18)9-6-10-25-19(26)14-7-4-5-8-15(14)20(25)27/h4-5,7-8,12-13H,2-3,6,9-11H2,1H3. The smallest absolute Gasteiger partial charge is 0.339 e. The normalized spacial score (nSPS) is 13.1. The van der Waals surface area contributed by atoms with E-state index < -0.39 is 5.97 Å². The van der Waals surface area contributed by atoms with Crippen LogP contribution >= 0.6 is 11.3 Å². The number of ether oxygens (including phenoxy) is 1. The van der Waals surface area contributed by atoms with Crippen molar-refractivity contribution in [1.82, 2.24) is 14.5 Å². The average Bonchev–Trinajstić information content (AvgIpc) is 3.31. The van der Waals surface area contributed by atoms with Gasteiger partial charge in [0, 0.05) is 18.5 Å². The first-order valence-corrected chi connectivity index (χ1v) is 11.0. The molecule has 3 heterocycles. The molecule has 2 aromatic heterocycles. The van der Waals surface area contributed by atoms with Crippen molar-refractivity contribution in [2.24, 2.45) is 0 Å². The fourth-order valence-electron chi connectivity index (χ4n) is 3.51. The fraction of sp³-hybridized carbons (Fsp3) is 0.318. The Morgan fingerprint density at radius 2 is 1.77 bits per heavy atom. The Morgan fingerprint density at radius 1 is 1.06 bits per heavy atom. The Labute approximate surface area is 182 Å². The van der Waals surface area contributed by atoms with Crippen molar-refractivity contribution in [1.29, 1.82) is 0 Å². The second-order valence-electron chi connectivity index (χ2n) is 7.22. The topological polar surface area (TPSA) is 98.6 Å². The monoisotopic (exact) mass is 439 g/mol. The maximum atomic E-state index is 13.0. The van der Waals surface area contributed by atoms with E-state index in [2.05, 4.69) is 4.98 Å². The lowest BCUT2D eigenvalue weighted by atomic mass is 10.1. The van der Waals surface area contributed by atoms with E-state index in [1.165, 1.54) is 27.1 Å². The zero-order valence-electron chi connectivity index (χ0n) is 17.0. The van der Waals surface area contributed by atoms with Crippen LogP contribution in [-0.4, -0.2) is 45.4 Å². The SMILES string of the molecule is CCCCOC(=O)c1csc2ncn(CCCN3C(=O)c4ccccc4C3=O)c(=O)c12. The highest BCUT2D eigenvalue weighted by molar-refractivity contribution is 7.17. The molecule has 1 aromatic carbocycles. The van der Waals surface area contributed by atoms with Crippen molar-refractivity contribution in [3.63, 3.8) is 0 Å². The Hall–Kier alpha value is -3.33. The first-order chi connectivity index (χ1) is 15.0. The molecule has 4 rings (SSSR count). The van der Waals surface area contributed by atoms with E-state index >= 15 is 0 Å². The molecule has 1 aliphatic rings. The Balaban J connectivity index is 1.47. The Bertz CT molecular complexity index is 1190. The highest BCUT2D eigenvalue weighted by Gasteiger charge is 2.34. The van der Waals surface area contributed by atoms with Gasteiger partial charge >= 0.3 is 5.97 Å². The average molecular weight is 439 g/mol.